The van der Waals surface area contributed by atoms with Gasteiger partial charge in [0.2, 0.25) is 11.8 Å². The minimum Gasteiger partial charge on any atom is -0.343 e. The van der Waals surface area contributed by atoms with Crippen LogP contribution in [0.5, 0.6) is 0 Å². The highest BCUT2D eigenvalue weighted by Gasteiger charge is 2.46. The number of nitrogens with one attached hydrogen (secondary N) is 3. The van der Waals surface area contributed by atoms with E-state index in [1.54, 1.807) is 29.2 Å². The van der Waals surface area contributed by atoms with Crippen molar-refractivity contribution >= 4 is 35.1 Å². The fraction of sp³-hybridized carbons (Fsp3) is 0.438. The Morgan fingerprint density at radius 2 is 2.12 bits per heavy atom. The van der Waals surface area contributed by atoms with E-state index in [4.69, 9.17) is 11.6 Å². The van der Waals surface area contributed by atoms with Crippen LogP contribution >= 0.6 is 11.6 Å². The molecule has 1 aromatic carbocycles. The first-order valence-electron chi connectivity index (χ1n) is 7.92. The van der Waals surface area contributed by atoms with Crippen molar-refractivity contribution in [3.05, 3.63) is 29.3 Å². The number of rotatable bonds is 3. The number of amides is 4. The maximum Gasteiger partial charge on any atom is 0.319 e. The first kappa shape index (κ1) is 16.6. The lowest BCUT2D eigenvalue weighted by Crippen LogP contribution is -2.60. The second-order valence-electron chi connectivity index (χ2n) is 5.99. The van der Waals surface area contributed by atoms with Crippen molar-refractivity contribution < 1.29 is 14.4 Å². The summed E-state index contributed by atoms with van der Waals surface area (Å²) in [6, 6.07) is 5.26. The van der Waals surface area contributed by atoms with Crippen LogP contribution in [-0.2, 0) is 9.59 Å². The van der Waals surface area contributed by atoms with Crippen molar-refractivity contribution in [3.8, 4) is 0 Å². The Bertz CT molecular complexity index is 681. The molecule has 0 saturated carbocycles. The molecule has 7 nitrogen and oxygen atoms in total. The number of fused-ring (bicyclic) bond motifs is 1. The molecular weight excluding hydrogens is 332 g/mol. The molecule has 0 spiro atoms. The molecule has 1 aromatic rings. The van der Waals surface area contributed by atoms with E-state index in [1.165, 1.54) is 0 Å². The number of anilines is 1. The zero-order chi connectivity index (χ0) is 17.3. The quantitative estimate of drug-likeness (QED) is 0.768. The smallest absolute Gasteiger partial charge is 0.319 e. The molecular formula is C16H19ClN4O3. The van der Waals surface area contributed by atoms with E-state index >= 15 is 0 Å². The Kier molecular flexibility index (Phi) is 4.62. The summed E-state index contributed by atoms with van der Waals surface area (Å²) in [7, 11) is 0. The molecule has 0 radical (unpaired) electrons. The van der Waals surface area contributed by atoms with Gasteiger partial charge in [0.25, 0.3) is 0 Å². The van der Waals surface area contributed by atoms with Gasteiger partial charge in [0.05, 0.1) is 16.8 Å². The number of para-hydroxylation sites is 1. The molecule has 2 saturated heterocycles. The SMILES string of the molecule is CC[C@@H]1NC(=O)[C@@H]2C[C@H](NC(=O)Nc3ccccc3Cl)CN2C1=O. The van der Waals surface area contributed by atoms with Crippen molar-refractivity contribution in [2.24, 2.45) is 0 Å². The number of carbonyl (C=O) groups is 3. The lowest BCUT2D eigenvalue weighted by Gasteiger charge is -2.33. The number of halogens is 1. The van der Waals surface area contributed by atoms with E-state index in [1.807, 2.05) is 6.92 Å². The van der Waals surface area contributed by atoms with Gasteiger partial charge >= 0.3 is 6.03 Å². The molecule has 2 aliphatic rings. The normalized spacial score (nSPS) is 25.9. The van der Waals surface area contributed by atoms with E-state index in [9.17, 15) is 14.4 Å². The average molecular weight is 351 g/mol. The van der Waals surface area contributed by atoms with E-state index in [-0.39, 0.29) is 17.9 Å². The van der Waals surface area contributed by atoms with Gasteiger partial charge in [0.1, 0.15) is 12.1 Å². The van der Waals surface area contributed by atoms with Gasteiger partial charge in [-0.05, 0) is 25.0 Å². The summed E-state index contributed by atoms with van der Waals surface area (Å²) >= 11 is 6.01. The number of carbonyl (C=O) groups excluding carboxylic acids is 3. The number of urea groups is 1. The van der Waals surface area contributed by atoms with Crippen molar-refractivity contribution in [2.75, 3.05) is 11.9 Å². The fourth-order valence-electron chi connectivity index (χ4n) is 3.15. The minimum atomic E-state index is -0.508. The van der Waals surface area contributed by atoms with Crippen LogP contribution in [0.1, 0.15) is 19.8 Å². The third-order valence-electron chi connectivity index (χ3n) is 4.37. The van der Waals surface area contributed by atoms with E-state index < -0.39 is 18.1 Å². The summed E-state index contributed by atoms with van der Waals surface area (Å²) in [6.07, 6.45) is 0.961. The summed E-state index contributed by atoms with van der Waals surface area (Å²) in [5, 5.41) is 8.65. The van der Waals surface area contributed by atoms with Crippen molar-refractivity contribution in [1.82, 2.24) is 15.5 Å². The molecule has 2 aliphatic heterocycles. The number of nitrogens with zero attached hydrogens (tertiary/aromatic N) is 1. The van der Waals surface area contributed by atoms with Crippen molar-refractivity contribution in [3.63, 3.8) is 0 Å². The molecule has 0 aromatic heterocycles. The number of piperazine rings is 1. The van der Waals surface area contributed by atoms with Gasteiger partial charge in [-0.25, -0.2) is 4.79 Å². The monoisotopic (exact) mass is 350 g/mol. The highest BCUT2D eigenvalue weighted by Crippen LogP contribution is 2.24. The van der Waals surface area contributed by atoms with Crippen LogP contribution in [0.3, 0.4) is 0 Å². The Hall–Kier alpha value is -2.28. The van der Waals surface area contributed by atoms with Gasteiger partial charge in [-0.1, -0.05) is 30.7 Å². The Morgan fingerprint density at radius 3 is 2.83 bits per heavy atom. The predicted octanol–water partition coefficient (Wildman–Crippen LogP) is 1.34. The van der Waals surface area contributed by atoms with Crippen LogP contribution < -0.4 is 16.0 Å². The van der Waals surface area contributed by atoms with Gasteiger partial charge in [0.15, 0.2) is 0 Å². The zero-order valence-corrected chi connectivity index (χ0v) is 14.0. The van der Waals surface area contributed by atoms with Crippen LogP contribution in [0.25, 0.3) is 0 Å². The first-order chi connectivity index (χ1) is 11.5. The topological polar surface area (TPSA) is 90.5 Å². The molecule has 0 unspecified atom stereocenters. The van der Waals surface area contributed by atoms with Crippen LogP contribution in [-0.4, -0.2) is 47.4 Å². The van der Waals surface area contributed by atoms with Crippen molar-refractivity contribution in [1.29, 1.82) is 0 Å². The maximum atomic E-state index is 12.3. The van der Waals surface area contributed by atoms with E-state index in [0.717, 1.165) is 0 Å². The molecule has 8 heteroatoms. The van der Waals surface area contributed by atoms with E-state index in [2.05, 4.69) is 16.0 Å². The second-order valence-corrected chi connectivity index (χ2v) is 6.39. The molecule has 3 atom stereocenters. The minimum absolute atomic E-state index is 0.0853. The van der Waals surface area contributed by atoms with Gasteiger partial charge in [-0.2, -0.15) is 0 Å². The Morgan fingerprint density at radius 1 is 1.38 bits per heavy atom. The summed E-state index contributed by atoms with van der Waals surface area (Å²) in [6.45, 7) is 2.19. The van der Waals surface area contributed by atoms with Gasteiger partial charge < -0.3 is 20.9 Å². The first-order valence-corrected chi connectivity index (χ1v) is 8.30. The summed E-state index contributed by atoms with van der Waals surface area (Å²) in [5.74, 6) is -0.241. The number of benzene rings is 1. The lowest BCUT2D eigenvalue weighted by atomic mass is 10.1. The molecule has 128 valence electrons. The third kappa shape index (κ3) is 3.17. The zero-order valence-electron chi connectivity index (χ0n) is 13.2. The fourth-order valence-corrected chi connectivity index (χ4v) is 3.33. The van der Waals surface area contributed by atoms with Gasteiger partial charge in [-0.15, -0.1) is 0 Å². The molecule has 0 aliphatic carbocycles. The molecule has 2 heterocycles. The maximum absolute atomic E-state index is 12.3. The molecule has 4 amide bonds. The van der Waals surface area contributed by atoms with Crippen LogP contribution in [0.4, 0.5) is 10.5 Å². The Balaban J connectivity index is 1.62. The highest BCUT2D eigenvalue weighted by atomic mass is 35.5. The highest BCUT2D eigenvalue weighted by molar-refractivity contribution is 6.33. The number of hydrogen-bond donors (Lipinski definition) is 3. The average Bonchev–Trinajstić information content (AvgIpc) is 2.97. The van der Waals surface area contributed by atoms with Gasteiger partial charge in [-0.3, -0.25) is 9.59 Å². The lowest BCUT2D eigenvalue weighted by molar-refractivity contribution is -0.147. The van der Waals surface area contributed by atoms with Crippen molar-refractivity contribution in [2.45, 2.75) is 37.9 Å². The molecule has 24 heavy (non-hydrogen) atoms. The largest absolute Gasteiger partial charge is 0.343 e. The Labute approximate surface area is 144 Å². The summed E-state index contributed by atoms with van der Waals surface area (Å²) in [5.41, 5.74) is 0.507. The van der Waals surface area contributed by atoms with Crippen LogP contribution in [0.2, 0.25) is 5.02 Å². The second kappa shape index (κ2) is 6.68. The van der Waals surface area contributed by atoms with Crippen LogP contribution in [0, 0.1) is 0 Å². The van der Waals surface area contributed by atoms with Crippen LogP contribution in [0.15, 0.2) is 24.3 Å². The summed E-state index contributed by atoms with van der Waals surface area (Å²) in [4.78, 5) is 38.1. The third-order valence-corrected chi connectivity index (χ3v) is 4.70. The standard InChI is InChI=1S/C16H19ClN4O3/c1-2-11-15(23)21-8-9(7-13(21)14(22)19-11)18-16(24)20-12-6-4-3-5-10(12)17/h3-6,9,11,13H,2,7-8H2,1H3,(H,19,22)(H2,18,20,24)/t9-,11-,13-/m0/s1. The molecule has 3 N–H and O–H groups in total. The van der Waals surface area contributed by atoms with Gasteiger partial charge in [0, 0.05) is 6.54 Å². The molecule has 0 bridgehead atoms. The predicted molar refractivity (Wildman–Crippen MR) is 89.7 cm³/mol. The molecule has 3 rings (SSSR count). The molecule has 2 fully saturated rings. The van der Waals surface area contributed by atoms with E-state index in [0.29, 0.717) is 30.1 Å². The summed E-state index contributed by atoms with van der Waals surface area (Å²) < 4.78 is 0. The number of hydrogen-bond acceptors (Lipinski definition) is 3.